The van der Waals surface area contributed by atoms with E-state index in [0.717, 1.165) is 19.3 Å². The molecule has 5 nitrogen and oxygen atoms in total. The summed E-state index contributed by atoms with van der Waals surface area (Å²) < 4.78 is 0. The maximum Gasteiger partial charge on any atom is 0.275 e. The first-order valence-electron chi connectivity index (χ1n) is 6.92. The lowest BCUT2D eigenvalue weighted by atomic mass is 9.95. The van der Waals surface area contributed by atoms with Crippen molar-refractivity contribution in [3.8, 4) is 0 Å². The highest BCUT2D eigenvalue weighted by molar-refractivity contribution is 6.31. The highest BCUT2D eigenvalue weighted by atomic mass is 35.5. The predicted octanol–water partition coefficient (Wildman–Crippen LogP) is 2.95. The molecule has 2 rings (SSSR count). The summed E-state index contributed by atoms with van der Waals surface area (Å²) >= 11 is 6.17. The van der Waals surface area contributed by atoms with E-state index in [4.69, 9.17) is 17.3 Å². The van der Waals surface area contributed by atoms with Crippen LogP contribution in [-0.4, -0.2) is 28.5 Å². The van der Waals surface area contributed by atoms with Crippen LogP contribution in [0.5, 0.6) is 0 Å². The zero-order valence-electron chi connectivity index (χ0n) is 11.6. The molecule has 0 amide bonds. The minimum Gasteiger partial charge on any atom is -0.329 e. The van der Waals surface area contributed by atoms with Crippen molar-refractivity contribution in [3.05, 3.63) is 38.9 Å². The van der Waals surface area contributed by atoms with Crippen LogP contribution in [-0.2, 0) is 6.54 Å². The molecule has 20 heavy (non-hydrogen) atoms. The van der Waals surface area contributed by atoms with Gasteiger partial charge in [0, 0.05) is 31.2 Å². The van der Waals surface area contributed by atoms with E-state index in [-0.39, 0.29) is 16.7 Å². The molecule has 1 aromatic carbocycles. The molecule has 6 heteroatoms. The number of piperidine rings is 1. The van der Waals surface area contributed by atoms with Crippen LogP contribution in [0.25, 0.3) is 0 Å². The van der Waals surface area contributed by atoms with Gasteiger partial charge in [-0.15, -0.1) is 0 Å². The van der Waals surface area contributed by atoms with Gasteiger partial charge in [-0.3, -0.25) is 15.0 Å². The maximum absolute atomic E-state index is 11.2. The Morgan fingerprint density at radius 1 is 1.50 bits per heavy atom. The average Bonchev–Trinajstić information content (AvgIpc) is 2.42. The summed E-state index contributed by atoms with van der Waals surface area (Å²) in [5, 5.41) is 11.6. The molecular weight excluding hydrogens is 278 g/mol. The van der Waals surface area contributed by atoms with Crippen molar-refractivity contribution in [2.24, 2.45) is 5.73 Å². The van der Waals surface area contributed by atoms with Crippen LogP contribution in [0.4, 0.5) is 5.69 Å². The number of rotatable bonds is 4. The number of nitro benzene ring substituents is 1. The molecule has 110 valence electrons. The first-order valence-corrected chi connectivity index (χ1v) is 7.30. The van der Waals surface area contributed by atoms with Crippen LogP contribution in [0.3, 0.4) is 0 Å². The van der Waals surface area contributed by atoms with Gasteiger partial charge in [0.2, 0.25) is 0 Å². The molecule has 1 saturated heterocycles. The Hall–Kier alpha value is -1.17. The third kappa shape index (κ3) is 3.11. The smallest absolute Gasteiger partial charge is 0.275 e. The van der Waals surface area contributed by atoms with E-state index in [0.29, 0.717) is 29.7 Å². The first-order chi connectivity index (χ1) is 9.54. The first kappa shape index (κ1) is 15.2. The van der Waals surface area contributed by atoms with Gasteiger partial charge in [-0.2, -0.15) is 0 Å². The fraction of sp³-hybridized carbons (Fsp3) is 0.571. The number of halogens is 1. The molecule has 0 radical (unpaired) electrons. The highest BCUT2D eigenvalue weighted by Gasteiger charge is 2.29. The Labute approximate surface area is 123 Å². The van der Waals surface area contributed by atoms with Gasteiger partial charge in [0.15, 0.2) is 0 Å². The van der Waals surface area contributed by atoms with E-state index in [9.17, 15) is 10.1 Å². The topological polar surface area (TPSA) is 72.4 Å². The number of nitrogens with zero attached hydrogens (tertiary/aromatic N) is 2. The second kappa shape index (κ2) is 6.52. The highest BCUT2D eigenvalue weighted by Crippen LogP contribution is 2.31. The fourth-order valence-corrected chi connectivity index (χ4v) is 3.17. The maximum atomic E-state index is 11.2. The van der Waals surface area contributed by atoms with Crippen LogP contribution in [0.2, 0.25) is 5.02 Å². The van der Waals surface area contributed by atoms with Crippen molar-refractivity contribution in [1.29, 1.82) is 0 Å². The molecule has 0 saturated carbocycles. The summed E-state index contributed by atoms with van der Waals surface area (Å²) in [6, 6.07) is 5.47. The summed E-state index contributed by atoms with van der Waals surface area (Å²) in [7, 11) is 0. The molecule has 2 unspecified atom stereocenters. The summed E-state index contributed by atoms with van der Waals surface area (Å²) in [6.45, 7) is 3.20. The van der Waals surface area contributed by atoms with E-state index in [1.54, 1.807) is 12.1 Å². The van der Waals surface area contributed by atoms with Crippen LogP contribution in [0, 0.1) is 10.1 Å². The fourth-order valence-electron chi connectivity index (χ4n) is 2.94. The van der Waals surface area contributed by atoms with Crippen molar-refractivity contribution in [1.82, 2.24) is 4.90 Å². The van der Waals surface area contributed by atoms with Crippen LogP contribution >= 0.6 is 11.6 Å². The lowest BCUT2D eigenvalue weighted by molar-refractivity contribution is -0.385. The summed E-state index contributed by atoms with van der Waals surface area (Å²) in [6.07, 6.45) is 3.29. The van der Waals surface area contributed by atoms with Gasteiger partial charge in [0.25, 0.3) is 5.69 Å². The van der Waals surface area contributed by atoms with Crippen LogP contribution < -0.4 is 5.73 Å². The third-order valence-electron chi connectivity index (χ3n) is 4.10. The Balaban J connectivity index is 2.30. The number of likely N-dealkylation sites (tertiary alicyclic amines) is 1. The Morgan fingerprint density at radius 3 is 2.90 bits per heavy atom. The summed E-state index contributed by atoms with van der Waals surface area (Å²) in [5.74, 6) is 0. The van der Waals surface area contributed by atoms with Crippen molar-refractivity contribution < 1.29 is 4.92 Å². The normalized spacial score (nSPS) is 23.8. The van der Waals surface area contributed by atoms with E-state index in [1.165, 1.54) is 6.07 Å². The second-order valence-corrected chi connectivity index (χ2v) is 5.74. The van der Waals surface area contributed by atoms with Gasteiger partial charge in [0.05, 0.1) is 15.5 Å². The SMILES string of the molecule is CC1CCCC(CN)N1Cc1c(Cl)cccc1[N+](=O)[O-]. The number of benzene rings is 1. The van der Waals surface area contributed by atoms with E-state index >= 15 is 0 Å². The molecule has 1 aliphatic rings. The molecular formula is C14H20ClN3O2. The zero-order valence-corrected chi connectivity index (χ0v) is 12.3. The second-order valence-electron chi connectivity index (χ2n) is 5.34. The number of hydrogen-bond donors (Lipinski definition) is 1. The molecule has 1 heterocycles. The quantitative estimate of drug-likeness (QED) is 0.685. The molecule has 1 fully saturated rings. The van der Waals surface area contributed by atoms with Gasteiger partial charge < -0.3 is 5.73 Å². The van der Waals surface area contributed by atoms with Crippen LogP contribution in [0.15, 0.2) is 18.2 Å². The Bertz CT molecular complexity index is 495. The molecule has 0 bridgehead atoms. The Morgan fingerprint density at radius 2 is 2.25 bits per heavy atom. The largest absolute Gasteiger partial charge is 0.329 e. The number of hydrogen-bond acceptors (Lipinski definition) is 4. The van der Waals surface area contributed by atoms with E-state index in [2.05, 4.69) is 11.8 Å². The minimum absolute atomic E-state index is 0.0889. The molecule has 2 N–H and O–H groups in total. The molecule has 0 aromatic heterocycles. The monoisotopic (exact) mass is 297 g/mol. The molecule has 1 aliphatic heterocycles. The van der Waals surface area contributed by atoms with Gasteiger partial charge in [0.1, 0.15) is 0 Å². The molecule has 1 aromatic rings. The standard InChI is InChI=1S/C14H20ClN3O2/c1-10-4-2-5-11(8-16)17(10)9-12-13(15)6-3-7-14(12)18(19)20/h3,6-7,10-11H,2,4-5,8-9,16H2,1H3. The minimum atomic E-state index is -0.368. The van der Waals surface area contributed by atoms with Crippen molar-refractivity contribution in [2.45, 2.75) is 44.8 Å². The Kier molecular flexibility index (Phi) is 4.96. The molecule has 2 atom stereocenters. The third-order valence-corrected chi connectivity index (χ3v) is 4.45. The molecule has 0 spiro atoms. The lowest BCUT2D eigenvalue weighted by Gasteiger charge is -2.40. The summed E-state index contributed by atoms with van der Waals surface area (Å²) in [4.78, 5) is 13.0. The van der Waals surface area contributed by atoms with Crippen molar-refractivity contribution >= 4 is 17.3 Å². The predicted molar refractivity (Wildman–Crippen MR) is 79.8 cm³/mol. The van der Waals surface area contributed by atoms with Crippen LogP contribution in [0.1, 0.15) is 31.7 Å². The lowest BCUT2D eigenvalue weighted by Crippen LogP contribution is -2.48. The van der Waals surface area contributed by atoms with E-state index in [1.807, 2.05) is 0 Å². The van der Waals surface area contributed by atoms with Gasteiger partial charge >= 0.3 is 0 Å². The molecule has 0 aliphatic carbocycles. The van der Waals surface area contributed by atoms with Gasteiger partial charge in [-0.25, -0.2) is 0 Å². The van der Waals surface area contributed by atoms with Crippen molar-refractivity contribution in [2.75, 3.05) is 6.54 Å². The van der Waals surface area contributed by atoms with Gasteiger partial charge in [-0.1, -0.05) is 24.1 Å². The van der Waals surface area contributed by atoms with Gasteiger partial charge in [-0.05, 0) is 25.8 Å². The van der Waals surface area contributed by atoms with E-state index < -0.39 is 0 Å². The zero-order chi connectivity index (χ0) is 14.7. The van der Waals surface area contributed by atoms with Crippen molar-refractivity contribution in [3.63, 3.8) is 0 Å². The number of nitrogens with two attached hydrogens (primary N) is 1. The number of nitro groups is 1. The average molecular weight is 298 g/mol. The summed E-state index contributed by atoms with van der Waals surface area (Å²) in [5.41, 5.74) is 6.52.